The molecule has 1 fully saturated rings. The predicted molar refractivity (Wildman–Crippen MR) is 69.6 cm³/mol. The molecule has 16 heavy (non-hydrogen) atoms. The van der Waals surface area contributed by atoms with Crippen molar-refractivity contribution in [2.75, 3.05) is 32.1 Å². The molecule has 0 unspecified atom stereocenters. The van der Waals surface area contributed by atoms with Crippen LogP contribution in [0.25, 0.3) is 0 Å². The Morgan fingerprint density at radius 3 is 2.75 bits per heavy atom. The summed E-state index contributed by atoms with van der Waals surface area (Å²) in [5, 5.41) is 3.05. The van der Waals surface area contributed by atoms with E-state index in [1.807, 2.05) is 6.26 Å². The number of carbonyl (C=O) groups is 1. The predicted octanol–water partition coefficient (Wildman–Crippen LogP) is 0.277. The van der Waals surface area contributed by atoms with Gasteiger partial charge in [-0.15, -0.1) is 0 Å². The summed E-state index contributed by atoms with van der Waals surface area (Å²) in [6.07, 6.45) is 4.87. The second kappa shape index (κ2) is 7.14. The molecule has 1 amide bonds. The molecular weight excluding hydrogens is 222 g/mol. The molecule has 0 aromatic carbocycles. The number of rotatable bonds is 5. The molecule has 5 heteroatoms. The zero-order valence-corrected chi connectivity index (χ0v) is 11.1. The summed E-state index contributed by atoms with van der Waals surface area (Å²) in [6.45, 7) is 2.12. The maximum atomic E-state index is 11.7. The Balaban J connectivity index is 2.22. The van der Waals surface area contributed by atoms with Crippen molar-refractivity contribution in [3.8, 4) is 0 Å². The maximum Gasteiger partial charge on any atom is 0.237 e. The lowest BCUT2D eigenvalue weighted by Gasteiger charge is -2.30. The van der Waals surface area contributed by atoms with Crippen LogP contribution >= 0.6 is 11.8 Å². The van der Waals surface area contributed by atoms with Crippen molar-refractivity contribution in [3.05, 3.63) is 0 Å². The van der Waals surface area contributed by atoms with Crippen LogP contribution in [-0.2, 0) is 4.79 Å². The summed E-state index contributed by atoms with van der Waals surface area (Å²) in [5.74, 6) is 0.964. The SMILES string of the molecule is CSCC[C@@H](N)C(=O)NC1CCN(C)CC1. The standard InChI is InChI=1S/C11H23N3OS/c1-14-6-3-9(4-7-14)13-11(15)10(12)5-8-16-2/h9-10H,3-8,12H2,1-2H3,(H,13,15)/t10-/m1/s1. The highest BCUT2D eigenvalue weighted by atomic mass is 32.2. The number of likely N-dealkylation sites (tertiary alicyclic amines) is 1. The third-order valence-corrected chi connectivity index (χ3v) is 3.68. The topological polar surface area (TPSA) is 58.4 Å². The number of hydrogen-bond acceptors (Lipinski definition) is 4. The van der Waals surface area contributed by atoms with Crippen LogP contribution in [0.15, 0.2) is 0 Å². The number of nitrogens with two attached hydrogens (primary N) is 1. The van der Waals surface area contributed by atoms with E-state index < -0.39 is 0 Å². The maximum absolute atomic E-state index is 11.7. The summed E-state index contributed by atoms with van der Waals surface area (Å²) in [7, 11) is 2.11. The molecule has 0 saturated carbocycles. The lowest BCUT2D eigenvalue weighted by molar-refractivity contribution is -0.123. The number of thioether (sulfide) groups is 1. The Kier molecular flexibility index (Phi) is 6.16. The Hall–Kier alpha value is -0.260. The van der Waals surface area contributed by atoms with Crippen LogP contribution in [0.3, 0.4) is 0 Å². The second-order valence-corrected chi connectivity index (χ2v) is 5.46. The fraction of sp³-hybridized carbons (Fsp3) is 0.909. The highest BCUT2D eigenvalue weighted by Crippen LogP contribution is 2.08. The smallest absolute Gasteiger partial charge is 0.237 e. The van der Waals surface area contributed by atoms with Gasteiger partial charge in [0.25, 0.3) is 0 Å². The molecule has 3 N–H and O–H groups in total. The molecular formula is C11H23N3OS. The van der Waals surface area contributed by atoms with Gasteiger partial charge in [-0.25, -0.2) is 0 Å². The van der Waals surface area contributed by atoms with Gasteiger partial charge in [-0.05, 0) is 51.4 Å². The molecule has 0 bridgehead atoms. The van der Waals surface area contributed by atoms with E-state index in [0.29, 0.717) is 6.04 Å². The van der Waals surface area contributed by atoms with Crippen molar-refractivity contribution >= 4 is 17.7 Å². The summed E-state index contributed by atoms with van der Waals surface area (Å²) in [5.41, 5.74) is 5.81. The summed E-state index contributed by atoms with van der Waals surface area (Å²) in [4.78, 5) is 14.0. The molecule has 0 aliphatic carbocycles. The van der Waals surface area contributed by atoms with E-state index in [1.165, 1.54) is 0 Å². The molecule has 1 heterocycles. The van der Waals surface area contributed by atoms with E-state index in [0.717, 1.165) is 38.1 Å². The van der Waals surface area contributed by atoms with Crippen molar-refractivity contribution in [2.24, 2.45) is 5.73 Å². The quantitative estimate of drug-likeness (QED) is 0.730. The summed E-state index contributed by atoms with van der Waals surface area (Å²) < 4.78 is 0. The minimum absolute atomic E-state index is 0.0172. The van der Waals surface area contributed by atoms with Gasteiger partial charge in [0, 0.05) is 6.04 Å². The Morgan fingerprint density at radius 1 is 1.56 bits per heavy atom. The van der Waals surface area contributed by atoms with Crippen LogP contribution in [0.5, 0.6) is 0 Å². The lowest BCUT2D eigenvalue weighted by Crippen LogP contribution is -2.49. The van der Waals surface area contributed by atoms with Gasteiger partial charge in [-0.1, -0.05) is 0 Å². The fourth-order valence-electron chi connectivity index (χ4n) is 1.84. The molecule has 0 spiro atoms. The normalized spacial score (nSPS) is 20.7. The zero-order valence-electron chi connectivity index (χ0n) is 10.2. The number of amides is 1. The van der Waals surface area contributed by atoms with E-state index >= 15 is 0 Å². The summed E-state index contributed by atoms with van der Waals surface area (Å²) in [6, 6.07) is -0.0175. The molecule has 1 atom stereocenters. The molecule has 0 aromatic heterocycles. The van der Waals surface area contributed by atoms with Crippen LogP contribution in [0.1, 0.15) is 19.3 Å². The number of carbonyl (C=O) groups excluding carboxylic acids is 1. The van der Waals surface area contributed by atoms with Gasteiger partial charge in [0.2, 0.25) is 5.91 Å². The minimum Gasteiger partial charge on any atom is -0.352 e. The van der Waals surface area contributed by atoms with Gasteiger partial charge in [-0.2, -0.15) is 11.8 Å². The average Bonchev–Trinajstić information content (AvgIpc) is 2.29. The van der Waals surface area contributed by atoms with Gasteiger partial charge in [-0.3, -0.25) is 4.79 Å². The number of nitrogens with zero attached hydrogens (tertiary/aromatic N) is 1. The third-order valence-electron chi connectivity index (χ3n) is 3.03. The third kappa shape index (κ3) is 4.72. The van der Waals surface area contributed by atoms with Gasteiger partial charge in [0.1, 0.15) is 0 Å². The first kappa shape index (κ1) is 13.8. The van der Waals surface area contributed by atoms with E-state index in [-0.39, 0.29) is 11.9 Å². The highest BCUT2D eigenvalue weighted by molar-refractivity contribution is 7.98. The van der Waals surface area contributed by atoms with E-state index in [9.17, 15) is 4.79 Å². The van der Waals surface area contributed by atoms with Crippen LogP contribution < -0.4 is 11.1 Å². The van der Waals surface area contributed by atoms with Gasteiger partial charge in [0.15, 0.2) is 0 Å². The van der Waals surface area contributed by atoms with Crippen LogP contribution in [0.4, 0.5) is 0 Å². The van der Waals surface area contributed by atoms with Crippen LogP contribution in [0.2, 0.25) is 0 Å². The number of hydrogen-bond donors (Lipinski definition) is 2. The summed E-state index contributed by atoms with van der Waals surface area (Å²) >= 11 is 1.73. The number of piperidine rings is 1. The fourth-order valence-corrected chi connectivity index (χ4v) is 2.33. The molecule has 1 aliphatic rings. The second-order valence-electron chi connectivity index (χ2n) is 4.47. The highest BCUT2D eigenvalue weighted by Gasteiger charge is 2.21. The van der Waals surface area contributed by atoms with Crippen molar-refractivity contribution in [1.29, 1.82) is 0 Å². The minimum atomic E-state index is -0.341. The Morgan fingerprint density at radius 2 is 2.19 bits per heavy atom. The van der Waals surface area contributed by atoms with Crippen molar-refractivity contribution in [2.45, 2.75) is 31.3 Å². The zero-order chi connectivity index (χ0) is 12.0. The number of nitrogens with one attached hydrogen (secondary N) is 1. The first-order valence-electron chi connectivity index (χ1n) is 5.87. The van der Waals surface area contributed by atoms with E-state index in [2.05, 4.69) is 17.3 Å². The Labute approximate surface area is 102 Å². The molecule has 4 nitrogen and oxygen atoms in total. The molecule has 1 rings (SSSR count). The molecule has 0 radical (unpaired) electrons. The largest absolute Gasteiger partial charge is 0.352 e. The first-order valence-corrected chi connectivity index (χ1v) is 7.26. The van der Waals surface area contributed by atoms with Gasteiger partial charge >= 0.3 is 0 Å². The van der Waals surface area contributed by atoms with Gasteiger partial charge in [0.05, 0.1) is 6.04 Å². The van der Waals surface area contributed by atoms with E-state index in [4.69, 9.17) is 5.73 Å². The molecule has 1 saturated heterocycles. The average molecular weight is 245 g/mol. The molecule has 1 aliphatic heterocycles. The van der Waals surface area contributed by atoms with Gasteiger partial charge < -0.3 is 16.0 Å². The van der Waals surface area contributed by atoms with E-state index in [1.54, 1.807) is 11.8 Å². The van der Waals surface area contributed by atoms with Crippen molar-refractivity contribution in [1.82, 2.24) is 10.2 Å². The molecule has 0 aromatic rings. The van der Waals surface area contributed by atoms with Crippen LogP contribution in [-0.4, -0.2) is 55.0 Å². The Bertz CT molecular complexity index is 217. The van der Waals surface area contributed by atoms with Crippen molar-refractivity contribution < 1.29 is 4.79 Å². The van der Waals surface area contributed by atoms with Crippen LogP contribution in [0, 0.1) is 0 Å². The monoisotopic (exact) mass is 245 g/mol. The first-order chi connectivity index (χ1) is 7.63. The molecule has 94 valence electrons. The van der Waals surface area contributed by atoms with Crippen molar-refractivity contribution in [3.63, 3.8) is 0 Å². The lowest BCUT2D eigenvalue weighted by atomic mass is 10.0.